The summed E-state index contributed by atoms with van der Waals surface area (Å²) >= 11 is 0. The van der Waals surface area contributed by atoms with Crippen LogP contribution in [0.5, 0.6) is 0 Å². The molecule has 1 amide bonds. The number of aromatic nitrogens is 1. The molecule has 2 rings (SSSR count). The van der Waals surface area contributed by atoms with Crippen LogP contribution in [0.15, 0.2) is 18.2 Å². The molecule has 1 aliphatic heterocycles. The summed E-state index contributed by atoms with van der Waals surface area (Å²) in [6.07, 6.45) is 1.34. The Balaban J connectivity index is 0.00000163. The number of carbonyl (C=O) groups is 2. The molecular weight excluding hydrogens is 332 g/mol. The molecule has 1 aliphatic rings. The zero-order valence-electron chi connectivity index (χ0n) is 16.9. The lowest BCUT2D eigenvalue weighted by molar-refractivity contribution is 0.0204. The first-order valence-electron chi connectivity index (χ1n) is 9.42. The summed E-state index contributed by atoms with van der Waals surface area (Å²) in [5.41, 5.74) is 0.733. The summed E-state index contributed by atoms with van der Waals surface area (Å²) < 4.78 is 10.4. The minimum absolute atomic E-state index is 0.234. The number of pyridine rings is 1. The van der Waals surface area contributed by atoms with Crippen LogP contribution in [-0.4, -0.2) is 47.2 Å². The van der Waals surface area contributed by atoms with Gasteiger partial charge in [0.2, 0.25) is 0 Å². The summed E-state index contributed by atoms with van der Waals surface area (Å²) in [7, 11) is 0. The Morgan fingerprint density at radius 1 is 1.19 bits per heavy atom. The van der Waals surface area contributed by atoms with Gasteiger partial charge in [0.15, 0.2) is 0 Å². The highest BCUT2D eigenvalue weighted by atomic mass is 16.6. The van der Waals surface area contributed by atoms with E-state index in [4.69, 9.17) is 9.47 Å². The molecule has 0 aliphatic carbocycles. The van der Waals surface area contributed by atoms with E-state index in [0.29, 0.717) is 25.4 Å². The van der Waals surface area contributed by atoms with Crippen molar-refractivity contribution in [3.63, 3.8) is 0 Å². The molecule has 6 heteroatoms. The second kappa shape index (κ2) is 10.1. The average molecular weight is 364 g/mol. The minimum Gasteiger partial charge on any atom is -0.461 e. The highest BCUT2D eigenvalue weighted by molar-refractivity contribution is 5.87. The van der Waals surface area contributed by atoms with Gasteiger partial charge in [0.25, 0.3) is 0 Å². The van der Waals surface area contributed by atoms with E-state index in [9.17, 15) is 9.59 Å². The first-order chi connectivity index (χ1) is 12.3. The van der Waals surface area contributed by atoms with Crippen LogP contribution in [0.25, 0.3) is 0 Å². The topological polar surface area (TPSA) is 68.7 Å². The maximum Gasteiger partial charge on any atom is 0.410 e. The monoisotopic (exact) mass is 364 g/mol. The zero-order valence-corrected chi connectivity index (χ0v) is 16.9. The predicted octanol–water partition coefficient (Wildman–Crippen LogP) is 4.40. The molecule has 0 spiro atoms. The van der Waals surface area contributed by atoms with Crippen molar-refractivity contribution in [1.29, 1.82) is 0 Å². The standard InChI is InChI=1S/C18H26N2O4.C2H6/c1-5-23-16(21)15-8-6-7-14(19-15)13-9-11-20(12-10-13)17(22)24-18(2,3)4;1-2/h6-8,13H,5,9-12H2,1-4H3;1-2H3. The van der Waals surface area contributed by atoms with E-state index in [1.807, 2.05) is 46.8 Å². The fourth-order valence-corrected chi connectivity index (χ4v) is 2.68. The van der Waals surface area contributed by atoms with Crippen molar-refractivity contribution in [2.45, 2.75) is 65.9 Å². The third-order valence-electron chi connectivity index (χ3n) is 3.82. The molecule has 26 heavy (non-hydrogen) atoms. The number of piperidine rings is 1. The maximum atomic E-state index is 12.1. The van der Waals surface area contributed by atoms with Crippen molar-refractivity contribution in [2.75, 3.05) is 19.7 Å². The van der Waals surface area contributed by atoms with Gasteiger partial charge in [-0.2, -0.15) is 0 Å². The van der Waals surface area contributed by atoms with Gasteiger partial charge >= 0.3 is 12.1 Å². The van der Waals surface area contributed by atoms with Crippen molar-refractivity contribution >= 4 is 12.1 Å². The average Bonchev–Trinajstić information content (AvgIpc) is 2.62. The molecule has 146 valence electrons. The fraction of sp³-hybridized carbons (Fsp3) is 0.650. The van der Waals surface area contributed by atoms with E-state index >= 15 is 0 Å². The first kappa shape index (κ1) is 21.9. The molecule has 0 radical (unpaired) electrons. The molecule has 1 saturated heterocycles. The smallest absolute Gasteiger partial charge is 0.410 e. The molecule has 0 unspecified atom stereocenters. The van der Waals surface area contributed by atoms with Crippen LogP contribution in [0.3, 0.4) is 0 Å². The third kappa shape index (κ3) is 6.65. The Hall–Kier alpha value is -2.11. The lowest BCUT2D eigenvalue weighted by Gasteiger charge is -2.33. The molecule has 0 atom stereocenters. The lowest BCUT2D eigenvalue weighted by Crippen LogP contribution is -2.41. The Kier molecular flexibility index (Phi) is 8.55. The van der Waals surface area contributed by atoms with E-state index in [0.717, 1.165) is 18.5 Å². The summed E-state index contributed by atoms with van der Waals surface area (Å²) in [4.78, 5) is 30.1. The second-order valence-corrected chi connectivity index (χ2v) is 6.91. The largest absolute Gasteiger partial charge is 0.461 e. The van der Waals surface area contributed by atoms with Crippen LogP contribution in [0.1, 0.15) is 76.5 Å². The summed E-state index contributed by atoms with van der Waals surface area (Å²) in [6.45, 7) is 13.0. The van der Waals surface area contributed by atoms with Crippen LogP contribution < -0.4 is 0 Å². The molecule has 1 fully saturated rings. The summed E-state index contributed by atoms with van der Waals surface area (Å²) in [5, 5.41) is 0. The fourth-order valence-electron chi connectivity index (χ4n) is 2.68. The Morgan fingerprint density at radius 2 is 1.81 bits per heavy atom. The van der Waals surface area contributed by atoms with Crippen molar-refractivity contribution < 1.29 is 19.1 Å². The quantitative estimate of drug-likeness (QED) is 0.744. The molecule has 6 nitrogen and oxygen atoms in total. The molecule has 0 aromatic carbocycles. The van der Waals surface area contributed by atoms with E-state index < -0.39 is 11.6 Å². The van der Waals surface area contributed by atoms with Crippen molar-refractivity contribution in [3.8, 4) is 0 Å². The van der Waals surface area contributed by atoms with Gasteiger partial charge in [0, 0.05) is 24.7 Å². The Bertz CT molecular complexity index is 588. The van der Waals surface area contributed by atoms with Crippen LogP contribution in [0.4, 0.5) is 4.79 Å². The molecule has 1 aromatic heterocycles. The molecule has 1 aromatic rings. The van der Waals surface area contributed by atoms with Crippen LogP contribution in [0.2, 0.25) is 0 Å². The van der Waals surface area contributed by atoms with Gasteiger partial charge in [-0.25, -0.2) is 14.6 Å². The summed E-state index contributed by atoms with van der Waals surface area (Å²) in [6, 6.07) is 5.42. The van der Waals surface area contributed by atoms with E-state index in [-0.39, 0.29) is 12.0 Å². The number of esters is 1. The van der Waals surface area contributed by atoms with Crippen LogP contribution in [0, 0.1) is 0 Å². The van der Waals surface area contributed by atoms with Crippen molar-refractivity contribution in [3.05, 3.63) is 29.6 Å². The molecule has 2 heterocycles. The van der Waals surface area contributed by atoms with Gasteiger partial charge in [0.05, 0.1) is 6.61 Å². The number of nitrogens with zero attached hydrogens (tertiary/aromatic N) is 2. The van der Waals surface area contributed by atoms with Gasteiger partial charge in [-0.15, -0.1) is 0 Å². The number of amides is 1. The molecule has 0 N–H and O–H groups in total. The van der Waals surface area contributed by atoms with Gasteiger partial charge < -0.3 is 14.4 Å². The van der Waals surface area contributed by atoms with Crippen molar-refractivity contribution in [2.24, 2.45) is 0 Å². The third-order valence-corrected chi connectivity index (χ3v) is 3.82. The van der Waals surface area contributed by atoms with Gasteiger partial charge in [-0.3, -0.25) is 0 Å². The lowest BCUT2D eigenvalue weighted by atomic mass is 9.93. The van der Waals surface area contributed by atoms with E-state index in [2.05, 4.69) is 4.98 Å². The normalized spacial score (nSPS) is 14.9. The Labute approximate surface area is 156 Å². The molecule has 0 saturated carbocycles. The predicted molar refractivity (Wildman–Crippen MR) is 101 cm³/mol. The number of rotatable bonds is 3. The van der Waals surface area contributed by atoms with E-state index in [1.165, 1.54) is 0 Å². The highest BCUT2D eigenvalue weighted by Crippen LogP contribution is 2.27. The Morgan fingerprint density at radius 3 is 2.35 bits per heavy atom. The number of carbonyl (C=O) groups excluding carboxylic acids is 2. The summed E-state index contributed by atoms with van der Waals surface area (Å²) in [5.74, 6) is -0.163. The highest BCUT2D eigenvalue weighted by Gasteiger charge is 2.28. The van der Waals surface area contributed by atoms with Gasteiger partial charge in [-0.1, -0.05) is 19.9 Å². The zero-order chi connectivity index (χ0) is 19.7. The number of likely N-dealkylation sites (tertiary alicyclic amines) is 1. The van der Waals surface area contributed by atoms with Crippen LogP contribution >= 0.6 is 0 Å². The maximum absolute atomic E-state index is 12.1. The minimum atomic E-state index is -0.483. The second-order valence-electron chi connectivity index (χ2n) is 6.91. The van der Waals surface area contributed by atoms with E-state index in [1.54, 1.807) is 17.9 Å². The van der Waals surface area contributed by atoms with Gasteiger partial charge in [0.1, 0.15) is 11.3 Å². The molecule has 0 bridgehead atoms. The number of hydrogen-bond donors (Lipinski definition) is 0. The van der Waals surface area contributed by atoms with Gasteiger partial charge in [-0.05, 0) is 52.7 Å². The number of ether oxygens (including phenoxy) is 2. The SMILES string of the molecule is CC.CCOC(=O)c1cccc(C2CCN(C(=O)OC(C)(C)C)CC2)n1. The van der Waals surface area contributed by atoms with Crippen LogP contribution in [-0.2, 0) is 9.47 Å². The number of hydrogen-bond acceptors (Lipinski definition) is 5. The first-order valence-corrected chi connectivity index (χ1v) is 9.42. The molecular formula is C20H32N2O4. The van der Waals surface area contributed by atoms with Crippen molar-refractivity contribution in [1.82, 2.24) is 9.88 Å².